The second-order valence-corrected chi connectivity index (χ2v) is 5.18. The van der Waals surface area contributed by atoms with Crippen LogP contribution in [0.2, 0.25) is 0 Å². The Morgan fingerprint density at radius 3 is 1.86 bits per heavy atom. The van der Waals surface area contributed by atoms with E-state index in [9.17, 15) is 8.78 Å². The fourth-order valence-corrected chi connectivity index (χ4v) is 2.48. The Kier molecular flexibility index (Phi) is 3.70. The molecule has 2 aromatic carbocycles. The van der Waals surface area contributed by atoms with Crippen LogP contribution >= 0.6 is 0 Å². The Labute approximate surface area is 123 Å². The van der Waals surface area contributed by atoms with Crippen molar-refractivity contribution in [3.05, 3.63) is 77.6 Å². The molecule has 0 aromatic heterocycles. The zero-order valence-corrected chi connectivity index (χ0v) is 11.8. The second-order valence-electron chi connectivity index (χ2n) is 5.18. The number of alkyl halides is 1. The van der Waals surface area contributed by atoms with E-state index in [1.54, 1.807) is 0 Å². The number of hydrogen-bond acceptors (Lipinski definition) is 0. The summed E-state index contributed by atoms with van der Waals surface area (Å²) in [6.45, 7) is 2.13. The fourth-order valence-electron chi connectivity index (χ4n) is 2.48. The molecule has 0 nitrogen and oxygen atoms in total. The molecular weight excluding hydrogens is 266 g/mol. The van der Waals surface area contributed by atoms with Crippen molar-refractivity contribution in [2.45, 2.75) is 19.5 Å². The summed E-state index contributed by atoms with van der Waals surface area (Å²) in [7, 11) is 0. The van der Waals surface area contributed by atoms with Crippen LogP contribution in [-0.2, 0) is 6.42 Å². The maximum atomic E-state index is 13.1. The molecule has 0 N–H and O–H groups in total. The standard InChI is InChI=1S/C19H16F2/c1-2-13-3-5-14(6-4-13)15-7-9-16(10-8-15)17-11-18(20)19(21)12-17/h3-12,18H,2H2,1H3. The van der Waals surface area contributed by atoms with Crippen molar-refractivity contribution >= 4 is 5.57 Å². The third kappa shape index (κ3) is 2.80. The molecule has 0 spiro atoms. The second kappa shape index (κ2) is 5.65. The molecule has 106 valence electrons. The third-order valence-corrected chi connectivity index (χ3v) is 3.80. The molecule has 3 rings (SSSR count). The fraction of sp³-hybridized carbons (Fsp3) is 0.158. The topological polar surface area (TPSA) is 0 Å². The molecule has 0 saturated carbocycles. The minimum absolute atomic E-state index is 0.605. The highest BCUT2D eigenvalue weighted by Crippen LogP contribution is 2.30. The highest BCUT2D eigenvalue weighted by molar-refractivity contribution is 5.79. The van der Waals surface area contributed by atoms with Gasteiger partial charge in [-0.2, -0.15) is 0 Å². The van der Waals surface area contributed by atoms with Gasteiger partial charge >= 0.3 is 0 Å². The smallest absolute Gasteiger partial charge is 0.170 e. The Morgan fingerprint density at radius 2 is 1.38 bits per heavy atom. The summed E-state index contributed by atoms with van der Waals surface area (Å²) in [4.78, 5) is 0. The predicted molar refractivity (Wildman–Crippen MR) is 83.3 cm³/mol. The zero-order chi connectivity index (χ0) is 14.8. The Hall–Kier alpha value is -2.22. The molecule has 2 aromatic rings. The lowest BCUT2D eigenvalue weighted by molar-refractivity contribution is 0.388. The van der Waals surface area contributed by atoms with Gasteiger partial charge in [-0.3, -0.25) is 0 Å². The minimum Gasteiger partial charge on any atom is -0.235 e. The summed E-state index contributed by atoms with van der Waals surface area (Å²) in [5.41, 5.74) is 4.98. The maximum Gasteiger partial charge on any atom is 0.170 e. The predicted octanol–water partition coefficient (Wildman–Crippen LogP) is 5.50. The number of aryl methyl sites for hydroxylation is 1. The van der Waals surface area contributed by atoms with Crippen LogP contribution in [0, 0.1) is 0 Å². The van der Waals surface area contributed by atoms with Gasteiger partial charge in [-0.25, -0.2) is 8.78 Å². The molecule has 1 unspecified atom stereocenters. The summed E-state index contributed by atoms with van der Waals surface area (Å²) in [5, 5.41) is 0. The van der Waals surface area contributed by atoms with Crippen molar-refractivity contribution < 1.29 is 8.78 Å². The van der Waals surface area contributed by atoms with Crippen molar-refractivity contribution in [2.75, 3.05) is 0 Å². The average molecular weight is 282 g/mol. The van der Waals surface area contributed by atoms with E-state index in [2.05, 4.69) is 31.2 Å². The number of allylic oxidation sites excluding steroid dienone is 4. The van der Waals surface area contributed by atoms with Gasteiger partial charge in [-0.1, -0.05) is 55.5 Å². The van der Waals surface area contributed by atoms with Gasteiger partial charge in [-0.15, -0.1) is 0 Å². The third-order valence-electron chi connectivity index (χ3n) is 3.80. The van der Waals surface area contributed by atoms with Gasteiger partial charge in [0.15, 0.2) is 6.17 Å². The van der Waals surface area contributed by atoms with Crippen LogP contribution in [0.3, 0.4) is 0 Å². The number of hydrogen-bond donors (Lipinski definition) is 0. The first kappa shape index (κ1) is 13.7. The van der Waals surface area contributed by atoms with E-state index in [-0.39, 0.29) is 0 Å². The largest absolute Gasteiger partial charge is 0.235 e. The van der Waals surface area contributed by atoms with Crippen molar-refractivity contribution in [1.82, 2.24) is 0 Å². The number of rotatable bonds is 3. The van der Waals surface area contributed by atoms with Gasteiger partial charge in [0.25, 0.3) is 0 Å². The molecule has 1 atom stereocenters. The molecule has 0 radical (unpaired) electrons. The van der Waals surface area contributed by atoms with Gasteiger partial charge in [0.05, 0.1) is 0 Å². The molecule has 0 fully saturated rings. The van der Waals surface area contributed by atoms with Gasteiger partial charge in [0, 0.05) is 0 Å². The molecule has 0 heterocycles. The van der Waals surface area contributed by atoms with Crippen LogP contribution in [-0.4, -0.2) is 6.17 Å². The average Bonchev–Trinajstić information content (AvgIpc) is 2.87. The summed E-state index contributed by atoms with van der Waals surface area (Å²) >= 11 is 0. The first-order valence-corrected chi connectivity index (χ1v) is 7.10. The van der Waals surface area contributed by atoms with Crippen LogP contribution in [0.1, 0.15) is 18.1 Å². The van der Waals surface area contributed by atoms with Crippen molar-refractivity contribution in [3.63, 3.8) is 0 Å². The van der Waals surface area contributed by atoms with E-state index < -0.39 is 12.0 Å². The van der Waals surface area contributed by atoms with Crippen LogP contribution in [0.4, 0.5) is 8.78 Å². The monoisotopic (exact) mass is 282 g/mol. The number of benzene rings is 2. The number of halogens is 2. The van der Waals surface area contributed by atoms with E-state index in [1.807, 2.05) is 24.3 Å². The highest BCUT2D eigenvalue weighted by atomic mass is 19.2. The normalized spacial score (nSPS) is 17.6. The van der Waals surface area contributed by atoms with Gasteiger partial charge in [0.2, 0.25) is 0 Å². The molecule has 0 aliphatic heterocycles. The van der Waals surface area contributed by atoms with E-state index in [4.69, 9.17) is 0 Å². The molecule has 0 saturated heterocycles. The van der Waals surface area contributed by atoms with E-state index in [0.717, 1.165) is 23.1 Å². The Balaban J connectivity index is 1.85. The van der Waals surface area contributed by atoms with E-state index in [0.29, 0.717) is 5.57 Å². The molecule has 0 amide bonds. The molecular formula is C19H16F2. The van der Waals surface area contributed by atoms with Crippen LogP contribution in [0.15, 0.2) is 66.5 Å². The van der Waals surface area contributed by atoms with Gasteiger partial charge in [0.1, 0.15) is 5.83 Å². The van der Waals surface area contributed by atoms with E-state index in [1.165, 1.54) is 17.7 Å². The van der Waals surface area contributed by atoms with Crippen molar-refractivity contribution in [3.8, 4) is 11.1 Å². The van der Waals surface area contributed by atoms with Crippen LogP contribution in [0.5, 0.6) is 0 Å². The molecule has 0 bridgehead atoms. The Bertz CT molecular complexity index is 691. The summed E-state index contributed by atoms with van der Waals surface area (Å²) in [5.74, 6) is -0.718. The van der Waals surface area contributed by atoms with Gasteiger partial charge in [-0.05, 0) is 46.4 Å². The summed E-state index contributed by atoms with van der Waals surface area (Å²) < 4.78 is 26.3. The highest BCUT2D eigenvalue weighted by Gasteiger charge is 2.18. The van der Waals surface area contributed by atoms with Crippen LogP contribution < -0.4 is 0 Å². The Morgan fingerprint density at radius 1 is 0.857 bits per heavy atom. The first-order valence-electron chi connectivity index (χ1n) is 7.10. The molecule has 1 aliphatic carbocycles. The summed E-state index contributed by atoms with van der Waals surface area (Å²) in [6.07, 6.45) is 1.99. The van der Waals surface area contributed by atoms with Crippen molar-refractivity contribution in [1.29, 1.82) is 0 Å². The van der Waals surface area contributed by atoms with E-state index >= 15 is 0 Å². The zero-order valence-electron chi connectivity index (χ0n) is 11.8. The SMILES string of the molecule is CCc1ccc(-c2ccc(C3=CC(F)C(F)=C3)cc2)cc1. The first-order chi connectivity index (χ1) is 10.2. The lowest BCUT2D eigenvalue weighted by Gasteiger charge is -2.05. The van der Waals surface area contributed by atoms with Crippen molar-refractivity contribution in [2.24, 2.45) is 0 Å². The maximum absolute atomic E-state index is 13.1. The van der Waals surface area contributed by atoms with Gasteiger partial charge < -0.3 is 0 Å². The molecule has 1 aliphatic rings. The lowest BCUT2D eigenvalue weighted by Crippen LogP contribution is -1.88. The quantitative estimate of drug-likeness (QED) is 0.697. The molecule has 2 heteroatoms. The molecule has 21 heavy (non-hydrogen) atoms. The lowest BCUT2D eigenvalue weighted by atomic mass is 10.00. The summed E-state index contributed by atoms with van der Waals surface area (Å²) in [6, 6.07) is 16.2. The minimum atomic E-state index is -1.60. The van der Waals surface area contributed by atoms with Crippen LogP contribution in [0.25, 0.3) is 16.7 Å².